The number of carbonyl (C=O) groups excluding carboxylic acids is 1. The molecule has 0 bridgehead atoms. The number of aliphatic carboxylic acids is 1. The monoisotopic (exact) mass is 291 g/mol. The molecule has 0 heterocycles. The van der Waals surface area contributed by atoms with Crippen molar-refractivity contribution in [2.24, 2.45) is 5.41 Å². The number of carboxylic acid groups (broad SMARTS) is 1. The summed E-state index contributed by atoms with van der Waals surface area (Å²) >= 11 is 0. The van der Waals surface area contributed by atoms with Gasteiger partial charge in [-0.1, -0.05) is 36.8 Å². The Balaban J connectivity index is 1.81. The fourth-order valence-electron chi connectivity index (χ4n) is 2.74. The zero-order chi connectivity index (χ0) is 15.3. The van der Waals surface area contributed by atoms with E-state index in [1.165, 1.54) is 0 Å². The van der Waals surface area contributed by atoms with E-state index in [9.17, 15) is 14.7 Å². The topological polar surface area (TPSA) is 75.6 Å². The predicted molar refractivity (Wildman–Crippen MR) is 77.8 cm³/mol. The predicted octanol–water partition coefficient (Wildman–Crippen LogP) is 2.95. The van der Waals surface area contributed by atoms with Crippen molar-refractivity contribution in [2.45, 2.75) is 45.3 Å². The average molecular weight is 291 g/mol. The molecule has 1 aromatic carbocycles. The fourth-order valence-corrected chi connectivity index (χ4v) is 2.74. The van der Waals surface area contributed by atoms with Crippen molar-refractivity contribution in [2.75, 3.05) is 0 Å². The van der Waals surface area contributed by atoms with Crippen LogP contribution in [0.4, 0.5) is 4.79 Å². The summed E-state index contributed by atoms with van der Waals surface area (Å²) in [6.45, 7) is 1.95. The maximum atomic E-state index is 11.8. The van der Waals surface area contributed by atoms with Gasteiger partial charge >= 0.3 is 12.1 Å². The maximum Gasteiger partial charge on any atom is 0.407 e. The Bertz CT molecular complexity index is 502. The molecule has 21 heavy (non-hydrogen) atoms. The third-order valence-electron chi connectivity index (χ3n) is 4.03. The number of carbonyl (C=O) groups is 2. The van der Waals surface area contributed by atoms with Crippen LogP contribution in [-0.2, 0) is 16.1 Å². The summed E-state index contributed by atoms with van der Waals surface area (Å²) in [5.74, 6) is -0.799. The number of amides is 1. The minimum atomic E-state index is -0.799. The van der Waals surface area contributed by atoms with Crippen LogP contribution in [0.15, 0.2) is 30.3 Å². The first-order chi connectivity index (χ1) is 9.99. The number of hydrogen-bond acceptors (Lipinski definition) is 3. The van der Waals surface area contributed by atoms with E-state index < -0.39 is 17.5 Å². The highest BCUT2D eigenvalue weighted by molar-refractivity contribution is 5.74. The molecule has 5 heteroatoms. The van der Waals surface area contributed by atoms with E-state index in [0.717, 1.165) is 18.4 Å². The molecule has 2 atom stereocenters. The van der Waals surface area contributed by atoms with E-state index in [2.05, 4.69) is 5.32 Å². The third-order valence-corrected chi connectivity index (χ3v) is 4.03. The lowest BCUT2D eigenvalue weighted by molar-refractivity contribution is -0.150. The fraction of sp³-hybridized carbons (Fsp3) is 0.500. The lowest BCUT2D eigenvalue weighted by Crippen LogP contribution is -2.44. The van der Waals surface area contributed by atoms with E-state index in [-0.39, 0.29) is 12.6 Å². The lowest BCUT2D eigenvalue weighted by atomic mass is 9.73. The Morgan fingerprint density at radius 3 is 2.76 bits per heavy atom. The van der Waals surface area contributed by atoms with Crippen LogP contribution in [-0.4, -0.2) is 23.2 Å². The van der Waals surface area contributed by atoms with Crippen LogP contribution in [0.2, 0.25) is 0 Å². The Labute approximate surface area is 124 Å². The van der Waals surface area contributed by atoms with Gasteiger partial charge in [0.25, 0.3) is 0 Å². The third kappa shape index (κ3) is 4.21. The molecule has 1 saturated carbocycles. The van der Waals surface area contributed by atoms with Crippen molar-refractivity contribution in [1.29, 1.82) is 0 Å². The summed E-state index contributed by atoms with van der Waals surface area (Å²) in [7, 11) is 0. The number of hydrogen-bond donors (Lipinski definition) is 2. The highest BCUT2D eigenvalue weighted by Gasteiger charge is 2.39. The number of ether oxygens (including phenoxy) is 1. The number of alkyl carbamates (subject to hydrolysis) is 1. The zero-order valence-corrected chi connectivity index (χ0v) is 12.2. The zero-order valence-electron chi connectivity index (χ0n) is 12.2. The number of nitrogens with one attached hydrogen (secondary N) is 1. The molecule has 1 fully saturated rings. The maximum absolute atomic E-state index is 11.8. The summed E-state index contributed by atoms with van der Waals surface area (Å²) in [4.78, 5) is 23.1. The highest BCUT2D eigenvalue weighted by Crippen LogP contribution is 2.36. The summed E-state index contributed by atoms with van der Waals surface area (Å²) in [6.07, 6.45) is 2.21. The van der Waals surface area contributed by atoms with Gasteiger partial charge in [-0.3, -0.25) is 4.79 Å². The van der Waals surface area contributed by atoms with Gasteiger partial charge in [0, 0.05) is 6.04 Å². The molecule has 2 rings (SSSR count). The molecular formula is C16H21NO4. The second-order valence-corrected chi connectivity index (χ2v) is 5.87. The van der Waals surface area contributed by atoms with Gasteiger partial charge in [0.2, 0.25) is 0 Å². The Morgan fingerprint density at radius 2 is 2.10 bits per heavy atom. The van der Waals surface area contributed by atoms with Gasteiger partial charge in [-0.15, -0.1) is 0 Å². The van der Waals surface area contributed by atoms with E-state index in [4.69, 9.17) is 4.74 Å². The van der Waals surface area contributed by atoms with Crippen molar-refractivity contribution in [3.8, 4) is 0 Å². The van der Waals surface area contributed by atoms with Crippen LogP contribution in [0.3, 0.4) is 0 Å². The summed E-state index contributed by atoms with van der Waals surface area (Å²) in [5.41, 5.74) is 0.169. The van der Waals surface area contributed by atoms with E-state index in [1.54, 1.807) is 6.92 Å². The van der Waals surface area contributed by atoms with Crippen LogP contribution in [0.25, 0.3) is 0 Å². The minimum absolute atomic E-state index is 0.136. The van der Waals surface area contributed by atoms with Crippen molar-refractivity contribution in [1.82, 2.24) is 5.32 Å². The largest absolute Gasteiger partial charge is 0.481 e. The minimum Gasteiger partial charge on any atom is -0.481 e. The Hall–Kier alpha value is -2.04. The molecule has 2 N–H and O–H groups in total. The summed E-state index contributed by atoms with van der Waals surface area (Å²) < 4.78 is 5.16. The van der Waals surface area contributed by atoms with E-state index in [0.29, 0.717) is 12.8 Å². The molecule has 0 saturated heterocycles. The SMILES string of the molecule is CC1(C(=O)O)CCCC(NC(=O)OCc2ccccc2)C1. The molecule has 1 amide bonds. The van der Waals surface area contributed by atoms with Crippen molar-refractivity contribution in [3.05, 3.63) is 35.9 Å². The molecule has 114 valence electrons. The van der Waals surface area contributed by atoms with E-state index in [1.807, 2.05) is 30.3 Å². The molecule has 0 aromatic heterocycles. The molecule has 0 spiro atoms. The van der Waals surface area contributed by atoms with Crippen LogP contribution in [0.1, 0.15) is 38.2 Å². The molecular weight excluding hydrogens is 270 g/mol. The smallest absolute Gasteiger partial charge is 0.407 e. The molecule has 2 unspecified atom stereocenters. The lowest BCUT2D eigenvalue weighted by Gasteiger charge is -2.34. The van der Waals surface area contributed by atoms with Crippen LogP contribution in [0, 0.1) is 5.41 Å². The van der Waals surface area contributed by atoms with E-state index >= 15 is 0 Å². The molecule has 1 aliphatic rings. The average Bonchev–Trinajstić information content (AvgIpc) is 2.46. The first-order valence-corrected chi connectivity index (χ1v) is 7.20. The molecule has 1 aromatic rings. The van der Waals surface area contributed by atoms with Crippen molar-refractivity contribution < 1.29 is 19.4 Å². The molecule has 0 aliphatic heterocycles. The second kappa shape index (κ2) is 6.61. The van der Waals surface area contributed by atoms with Crippen molar-refractivity contribution in [3.63, 3.8) is 0 Å². The molecule has 1 aliphatic carbocycles. The van der Waals surface area contributed by atoms with Gasteiger partial charge in [-0.05, 0) is 31.7 Å². The van der Waals surface area contributed by atoms with Gasteiger partial charge in [-0.25, -0.2) is 4.79 Å². The summed E-state index contributed by atoms with van der Waals surface area (Å²) in [5, 5.41) is 12.0. The van der Waals surface area contributed by atoms with Crippen molar-refractivity contribution >= 4 is 12.1 Å². The first kappa shape index (κ1) is 15.4. The van der Waals surface area contributed by atoms with Gasteiger partial charge in [0.1, 0.15) is 6.61 Å². The number of benzene rings is 1. The van der Waals surface area contributed by atoms with Gasteiger partial charge < -0.3 is 15.2 Å². The highest BCUT2D eigenvalue weighted by atomic mass is 16.5. The number of rotatable bonds is 4. The Kier molecular flexibility index (Phi) is 4.83. The first-order valence-electron chi connectivity index (χ1n) is 7.20. The van der Waals surface area contributed by atoms with Gasteiger partial charge in [-0.2, -0.15) is 0 Å². The molecule has 0 radical (unpaired) electrons. The summed E-state index contributed by atoms with van der Waals surface area (Å²) in [6, 6.07) is 9.30. The quantitative estimate of drug-likeness (QED) is 0.894. The standard InChI is InChI=1S/C16H21NO4/c1-16(14(18)19)9-5-8-13(10-16)17-15(20)21-11-12-6-3-2-4-7-12/h2-4,6-7,13H,5,8-11H2,1H3,(H,17,20)(H,18,19). The van der Waals surface area contributed by atoms with Crippen LogP contribution < -0.4 is 5.32 Å². The van der Waals surface area contributed by atoms with Gasteiger partial charge in [0.05, 0.1) is 5.41 Å². The normalized spacial score (nSPS) is 25.1. The van der Waals surface area contributed by atoms with Gasteiger partial charge in [0.15, 0.2) is 0 Å². The second-order valence-electron chi connectivity index (χ2n) is 5.87. The molecule has 5 nitrogen and oxygen atoms in total. The van der Waals surface area contributed by atoms with Crippen LogP contribution >= 0.6 is 0 Å². The number of carboxylic acids is 1. The van der Waals surface area contributed by atoms with Crippen LogP contribution in [0.5, 0.6) is 0 Å². The Morgan fingerprint density at radius 1 is 1.38 bits per heavy atom.